The average molecular weight is 421 g/mol. The largest absolute Gasteiger partial charge is 0.451 e. The van der Waals surface area contributed by atoms with Crippen LogP contribution in [0, 0.1) is 0 Å². The number of esters is 1. The molecule has 25 heavy (non-hydrogen) atoms. The van der Waals surface area contributed by atoms with Crippen LogP contribution in [0.4, 0.5) is 11.4 Å². The van der Waals surface area contributed by atoms with E-state index in [1.807, 2.05) is 18.4 Å². The molecule has 1 amide bonds. The predicted octanol–water partition coefficient (Wildman–Crippen LogP) is 4.14. The number of benzene rings is 1. The topological polar surface area (TPSA) is 94.3 Å². The highest BCUT2D eigenvalue weighted by Gasteiger charge is 2.21. The van der Waals surface area contributed by atoms with Crippen LogP contribution in [0.25, 0.3) is 0 Å². The number of nitrogens with two attached hydrogens (primary N) is 1. The van der Waals surface area contributed by atoms with Crippen LogP contribution in [0.1, 0.15) is 10.5 Å². The van der Waals surface area contributed by atoms with E-state index in [0.29, 0.717) is 5.69 Å². The summed E-state index contributed by atoms with van der Waals surface area (Å²) in [6.07, 6.45) is 1.95. The van der Waals surface area contributed by atoms with E-state index in [2.05, 4.69) is 10.3 Å². The minimum atomic E-state index is -0.942. The molecule has 0 fully saturated rings. The fourth-order valence-electron chi connectivity index (χ4n) is 1.74. The molecule has 0 bridgehead atoms. The van der Waals surface area contributed by atoms with Gasteiger partial charge in [-0.1, -0.05) is 34.8 Å². The second-order valence-electron chi connectivity index (χ2n) is 4.65. The lowest BCUT2D eigenvalue weighted by molar-refractivity contribution is -0.119. The molecule has 10 heteroatoms. The number of carbonyl (C=O) groups excluding carboxylic acids is 2. The number of anilines is 2. The highest BCUT2D eigenvalue weighted by Crippen LogP contribution is 2.34. The number of pyridine rings is 1. The Morgan fingerprint density at radius 1 is 1.20 bits per heavy atom. The summed E-state index contributed by atoms with van der Waals surface area (Å²) < 4.78 is 4.88. The molecule has 1 aromatic carbocycles. The van der Waals surface area contributed by atoms with Crippen molar-refractivity contribution >= 4 is 69.8 Å². The number of nitrogens with one attached hydrogen (secondary N) is 1. The Kier molecular flexibility index (Phi) is 6.78. The summed E-state index contributed by atoms with van der Waals surface area (Å²) in [5.41, 5.74) is 5.80. The highest BCUT2D eigenvalue weighted by molar-refractivity contribution is 7.98. The van der Waals surface area contributed by atoms with Crippen molar-refractivity contribution in [1.29, 1.82) is 0 Å². The number of ether oxygens (including phenoxy) is 1. The van der Waals surface area contributed by atoms with Crippen LogP contribution >= 0.6 is 46.6 Å². The molecule has 0 spiro atoms. The summed E-state index contributed by atoms with van der Waals surface area (Å²) in [5.74, 6) is -1.46. The van der Waals surface area contributed by atoms with Crippen molar-refractivity contribution in [2.75, 3.05) is 23.9 Å². The summed E-state index contributed by atoms with van der Waals surface area (Å²) in [6.45, 7) is -0.527. The van der Waals surface area contributed by atoms with Crippen LogP contribution in [0.5, 0.6) is 0 Å². The Morgan fingerprint density at radius 3 is 2.44 bits per heavy atom. The van der Waals surface area contributed by atoms with Gasteiger partial charge in [-0.15, -0.1) is 11.8 Å². The number of amides is 1. The Hall–Kier alpha value is -1.67. The molecule has 1 heterocycles. The zero-order valence-electron chi connectivity index (χ0n) is 12.8. The van der Waals surface area contributed by atoms with E-state index in [-0.39, 0.29) is 26.6 Å². The number of hydrogen-bond donors (Lipinski definition) is 2. The van der Waals surface area contributed by atoms with Crippen molar-refractivity contribution in [3.63, 3.8) is 0 Å². The van der Waals surface area contributed by atoms with Crippen molar-refractivity contribution in [3.8, 4) is 0 Å². The number of nitrogen functional groups attached to an aromatic ring is 1. The Bertz CT molecular complexity index is 816. The van der Waals surface area contributed by atoms with Gasteiger partial charge < -0.3 is 15.8 Å². The third kappa shape index (κ3) is 4.92. The first-order chi connectivity index (χ1) is 11.8. The van der Waals surface area contributed by atoms with Gasteiger partial charge in [-0.3, -0.25) is 4.79 Å². The monoisotopic (exact) mass is 419 g/mol. The fourth-order valence-corrected chi connectivity index (χ4v) is 2.73. The van der Waals surface area contributed by atoms with Gasteiger partial charge in [0, 0.05) is 10.6 Å². The summed E-state index contributed by atoms with van der Waals surface area (Å²) in [4.78, 5) is 28.7. The predicted molar refractivity (Wildman–Crippen MR) is 101 cm³/mol. The van der Waals surface area contributed by atoms with E-state index in [9.17, 15) is 9.59 Å². The first kappa shape index (κ1) is 19.7. The molecule has 0 saturated heterocycles. The number of aromatic nitrogens is 1. The van der Waals surface area contributed by atoms with Crippen molar-refractivity contribution < 1.29 is 14.3 Å². The lowest BCUT2D eigenvalue weighted by Crippen LogP contribution is -2.21. The van der Waals surface area contributed by atoms with Crippen LogP contribution in [0.15, 0.2) is 29.2 Å². The minimum Gasteiger partial charge on any atom is -0.451 e. The highest BCUT2D eigenvalue weighted by atomic mass is 35.5. The van der Waals surface area contributed by atoms with Gasteiger partial charge in [-0.2, -0.15) is 0 Å². The van der Waals surface area contributed by atoms with Gasteiger partial charge in [-0.25, -0.2) is 9.78 Å². The maximum absolute atomic E-state index is 12.0. The Labute approximate surface area is 163 Å². The van der Waals surface area contributed by atoms with Crippen molar-refractivity contribution in [2.24, 2.45) is 0 Å². The summed E-state index contributed by atoms with van der Waals surface area (Å²) in [5, 5.41) is 2.16. The summed E-state index contributed by atoms with van der Waals surface area (Å²) in [6, 6.07) is 7.19. The quantitative estimate of drug-likeness (QED) is 0.429. The Morgan fingerprint density at radius 2 is 1.84 bits per heavy atom. The number of carbonyl (C=O) groups is 2. The van der Waals surface area contributed by atoms with Gasteiger partial charge in [0.2, 0.25) is 0 Å². The molecule has 132 valence electrons. The molecule has 2 aromatic rings. The van der Waals surface area contributed by atoms with E-state index in [4.69, 9.17) is 45.3 Å². The van der Waals surface area contributed by atoms with Crippen LogP contribution in [-0.4, -0.2) is 29.7 Å². The van der Waals surface area contributed by atoms with Gasteiger partial charge in [0.15, 0.2) is 17.5 Å². The van der Waals surface area contributed by atoms with E-state index in [1.165, 1.54) is 0 Å². The van der Waals surface area contributed by atoms with E-state index >= 15 is 0 Å². The average Bonchev–Trinajstić information content (AvgIpc) is 2.61. The van der Waals surface area contributed by atoms with Gasteiger partial charge in [0.1, 0.15) is 5.02 Å². The summed E-state index contributed by atoms with van der Waals surface area (Å²) in [7, 11) is 0. The van der Waals surface area contributed by atoms with E-state index in [0.717, 1.165) is 4.90 Å². The second-order valence-corrected chi connectivity index (χ2v) is 6.64. The molecule has 0 aliphatic carbocycles. The molecule has 0 atom stereocenters. The molecule has 0 radical (unpaired) electrons. The van der Waals surface area contributed by atoms with E-state index in [1.54, 1.807) is 23.9 Å². The first-order valence-corrected chi connectivity index (χ1v) is 9.10. The lowest BCUT2D eigenvalue weighted by Gasteiger charge is -2.09. The smallest absolute Gasteiger partial charge is 0.359 e. The molecule has 0 aliphatic heterocycles. The zero-order chi connectivity index (χ0) is 18.6. The molecular weight excluding hydrogens is 409 g/mol. The van der Waals surface area contributed by atoms with Crippen LogP contribution in [-0.2, 0) is 9.53 Å². The minimum absolute atomic E-state index is 0.0605. The fraction of sp³-hybridized carbons (Fsp3) is 0.133. The van der Waals surface area contributed by atoms with Crippen LogP contribution in [0.2, 0.25) is 15.2 Å². The molecule has 0 unspecified atom stereocenters. The van der Waals surface area contributed by atoms with Crippen molar-refractivity contribution in [2.45, 2.75) is 4.90 Å². The van der Waals surface area contributed by atoms with Crippen molar-refractivity contribution in [1.82, 2.24) is 4.98 Å². The molecule has 0 saturated carbocycles. The molecule has 0 aliphatic rings. The van der Waals surface area contributed by atoms with Crippen molar-refractivity contribution in [3.05, 3.63) is 45.2 Å². The maximum Gasteiger partial charge on any atom is 0.359 e. The molecule has 2 rings (SSSR count). The van der Waals surface area contributed by atoms with E-state index < -0.39 is 18.5 Å². The number of halogens is 3. The normalized spacial score (nSPS) is 10.4. The number of rotatable bonds is 5. The molecule has 3 N–H and O–H groups in total. The lowest BCUT2D eigenvalue weighted by atomic mass is 10.3. The number of thioether (sulfide) groups is 1. The molecule has 6 nitrogen and oxygen atoms in total. The third-order valence-electron chi connectivity index (χ3n) is 2.97. The van der Waals surface area contributed by atoms with Gasteiger partial charge in [-0.05, 0) is 30.5 Å². The second kappa shape index (κ2) is 8.62. The Balaban J connectivity index is 1.98. The molecule has 1 aromatic heterocycles. The number of nitrogens with zero attached hydrogens (tertiary/aromatic N) is 1. The third-order valence-corrected chi connectivity index (χ3v) is 4.85. The SMILES string of the molecule is CSc1ccc(NC(=O)COC(=O)c2nc(Cl)c(Cl)c(N)c2Cl)cc1. The van der Waals surface area contributed by atoms with Crippen LogP contribution < -0.4 is 11.1 Å². The van der Waals surface area contributed by atoms with Gasteiger partial charge >= 0.3 is 5.97 Å². The van der Waals surface area contributed by atoms with Gasteiger partial charge in [0.05, 0.1) is 10.7 Å². The van der Waals surface area contributed by atoms with Crippen LogP contribution in [0.3, 0.4) is 0 Å². The number of hydrogen-bond acceptors (Lipinski definition) is 6. The standard InChI is InChI=1S/C15H12Cl3N3O3S/c1-25-8-4-2-7(3-5-8)20-9(22)6-24-15(23)13-10(16)12(19)11(17)14(18)21-13/h2-5H,6H2,1H3,(H2,19,21)(H,20,22). The zero-order valence-corrected chi connectivity index (χ0v) is 15.9. The molecular formula is C15H12Cl3N3O3S. The van der Waals surface area contributed by atoms with Gasteiger partial charge in [0.25, 0.3) is 5.91 Å². The first-order valence-electron chi connectivity index (χ1n) is 6.74. The summed E-state index contributed by atoms with van der Waals surface area (Å²) >= 11 is 19.0. The maximum atomic E-state index is 12.0.